The van der Waals surface area contributed by atoms with E-state index in [1.165, 1.54) is 13.0 Å². The molecule has 166 valence electrons. The first-order chi connectivity index (χ1) is 14.0. The van der Waals surface area contributed by atoms with Crippen LogP contribution in [0.5, 0.6) is 0 Å². The van der Waals surface area contributed by atoms with Gasteiger partial charge >= 0.3 is 15.9 Å². The fourth-order valence-electron chi connectivity index (χ4n) is 3.79. The second kappa shape index (κ2) is 9.10. The van der Waals surface area contributed by atoms with E-state index in [1.807, 2.05) is 0 Å². The summed E-state index contributed by atoms with van der Waals surface area (Å²) in [5.74, 6) is 0.782. The van der Waals surface area contributed by atoms with Crippen LogP contribution < -0.4 is 5.56 Å². The molecule has 0 amide bonds. The Morgan fingerprint density at radius 3 is 2.87 bits per heavy atom. The first-order valence-electron chi connectivity index (χ1n) is 9.15. The molecule has 0 saturated heterocycles. The SMILES string of the molecule is C=P(C)(OO[P+](=O)CCC1CC(C)C(c2cnc3c(=O)[nH]cnn23)C1)OP(=O)(O)O. The molecule has 12 nitrogen and oxygen atoms in total. The number of hydrogen-bond acceptors (Lipinski definition) is 8. The Hall–Kier alpha value is -1.22. The van der Waals surface area contributed by atoms with Crippen LogP contribution in [0, 0.1) is 11.8 Å². The maximum absolute atomic E-state index is 12.1. The Morgan fingerprint density at radius 2 is 2.17 bits per heavy atom. The maximum Gasteiger partial charge on any atom is 0.539 e. The zero-order valence-corrected chi connectivity index (χ0v) is 19.1. The van der Waals surface area contributed by atoms with E-state index < -0.39 is 23.2 Å². The van der Waals surface area contributed by atoms with E-state index >= 15 is 0 Å². The third kappa shape index (κ3) is 5.93. The lowest BCUT2D eigenvalue weighted by Gasteiger charge is -2.15. The first kappa shape index (κ1) is 23.4. The van der Waals surface area contributed by atoms with Crippen molar-refractivity contribution in [1.82, 2.24) is 19.6 Å². The molecule has 2 aromatic heterocycles. The van der Waals surface area contributed by atoms with Gasteiger partial charge in [-0.15, -0.1) is 4.67 Å². The molecule has 1 aliphatic carbocycles. The average molecular weight is 481 g/mol. The van der Waals surface area contributed by atoms with Crippen LogP contribution in [-0.4, -0.2) is 48.5 Å². The van der Waals surface area contributed by atoms with E-state index in [0.29, 0.717) is 12.3 Å². The normalized spacial score (nSPS) is 24.8. The molecular weight excluding hydrogens is 457 g/mol. The van der Waals surface area contributed by atoms with Gasteiger partial charge in [0.1, 0.15) is 6.33 Å². The highest BCUT2D eigenvalue weighted by molar-refractivity contribution is 7.70. The van der Waals surface area contributed by atoms with Gasteiger partial charge in [-0.25, -0.2) is 18.4 Å². The quantitative estimate of drug-likeness (QED) is 0.275. The minimum atomic E-state index is -4.79. The Labute approximate surface area is 173 Å². The lowest BCUT2D eigenvalue weighted by molar-refractivity contribution is -0.0899. The lowest BCUT2D eigenvalue weighted by Crippen LogP contribution is -2.14. The number of hydrogen-bond donors (Lipinski definition) is 3. The molecular formula is C15H24N4O8P3+. The molecule has 0 aromatic carbocycles. The minimum Gasteiger partial charge on any atom is -0.308 e. The van der Waals surface area contributed by atoms with Crippen LogP contribution in [0.3, 0.4) is 0 Å². The van der Waals surface area contributed by atoms with Crippen molar-refractivity contribution in [2.75, 3.05) is 12.8 Å². The summed E-state index contributed by atoms with van der Waals surface area (Å²) in [6, 6.07) is 0. The first-order valence-corrected chi connectivity index (χ1v) is 14.3. The van der Waals surface area contributed by atoms with Gasteiger partial charge in [-0.2, -0.15) is 5.10 Å². The molecule has 3 rings (SSSR count). The highest BCUT2D eigenvalue weighted by Gasteiger charge is 2.37. The molecule has 2 heterocycles. The molecule has 0 aliphatic heterocycles. The zero-order chi connectivity index (χ0) is 22.1. The largest absolute Gasteiger partial charge is 0.539 e. The van der Waals surface area contributed by atoms with Crippen LogP contribution in [0.15, 0.2) is 17.3 Å². The van der Waals surface area contributed by atoms with Crippen molar-refractivity contribution in [1.29, 1.82) is 0 Å². The molecule has 1 fully saturated rings. The van der Waals surface area contributed by atoms with E-state index in [-0.39, 0.29) is 29.2 Å². The van der Waals surface area contributed by atoms with Crippen molar-refractivity contribution in [3.63, 3.8) is 0 Å². The van der Waals surface area contributed by atoms with Gasteiger partial charge in [0.05, 0.1) is 11.9 Å². The van der Waals surface area contributed by atoms with Gasteiger partial charge in [0.15, 0.2) is 13.5 Å². The molecule has 1 saturated carbocycles. The average Bonchev–Trinajstić information content (AvgIpc) is 3.20. The van der Waals surface area contributed by atoms with E-state index in [9.17, 15) is 13.9 Å². The van der Waals surface area contributed by atoms with E-state index in [1.54, 1.807) is 10.7 Å². The molecule has 30 heavy (non-hydrogen) atoms. The summed E-state index contributed by atoms with van der Waals surface area (Å²) in [6.07, 6.45) is 9.03. The Bertz CT molecular complexity index is 1080. The zero-order valence-electron chi connectivity index (χ0n) is 16.4. The van der Waals surface area contributed by atoms with Crippen molar-refractivity contribution in [2.24, 2.45) is 11.8 Å². The molecule has 0 spiro atoms. The molecule has 5 atom stereocenters. The number of imidazole rings is 1. The number of phosphoric acid groups is 1. The number of H-pyrrole nitrogens is 1. The summed E-state index contributed by atoms with van der Waals surface area (Å²) < 4.78 is 38.5. The summed E-state index contributed by atoms with van der Waals surface area (Å²) in [7, 11) is -10.2. The number of aromatic nitrogens is 4. The van der Waals surface area contributed by atoms with Gasteiger partial charge in [0, 0.05) is 17.3 Å². The van der Waals surface area contributed by atoms with Crippen molar-refractivity contribution in [2.45, 2.75) is 32.1 Å². The second-order valence-corrected chi connectivity index (χ2v) is 12.6. The summed E-state index contributed by atoms with van der Waals surface area (Å²) in [5.41, 5.74) is 0.840. The highest BCUT2D eigenvalue weighted by atomic mass is 31.3. The topological polar surface area (TPSA) is 165 Å². The number of rotatable bonds is 9. The number of fused-ring (bicyclic) bond motifs is 1. The van der Waals surface area contributed by atoms with Gasteiger partial charge in [-0.05, 0) is 42.0 Å². The van der Waals surface area contributed by atoms with E-state index in [2.05, 4.69) is 32.6 Å². The number of nitrogens with one attached hydrogen (secondary N) is 1. The fourth-order valence-corrected chi connectivity index (χ4v) is 7.22. The van der Waals surface area contributed by atoms with Crippen molar-refractivity contribution >= 4 is 35.1 Å². The summed E-state index contributed by atoms with van der Waals surface area (Å²) in [4.78, 5) is 36.1. The summed E-state index contributed by atoms with van der Waals surface area (Å²) in [5, 5.41) is 4.20. The van der Waals surface area contributed by atoms with Crippen LogP contribution in [0.2, 0.25) is 0 Å². The predicted octanol–water partition coefficient (Wildman–Crippen LogP) is 2.65. The number of nitrogens with zero attached hydrogens (tertiary/aromatic N) is 3. The van der Waals surface area contributed by atoms with Crippen LogP contribution >= 0.6 is 23.2 Å². The van der Waals surface area contributed by atoms with Gasteiger partial charge in [0.2, 0.25) is 5.65 Å². The Morgan fingerprint density at radius 1 is 1.43 bits per heavy atom. The smallest absolute Gasteiger partial charge is 0.308 e. The Kier molecular flexibility index (Phi) is 7.11. The number of aromatic amines is 1. The van der Waals surface area contributed by atoms with Crippen molar-refractivity contribution < 1.29 is 32.6 Å². The third-order valence-corrected chi connectivity index (χ3v) is 8.57. The van der Waals surface area contributed by atoms with E-state index in [4.69, 9.17) is 19.1 Å². The molecule has 1 aliphatic rings. The summed E-state index contributed by atoms with van der Waals surface area (Å²) >= 11 is 0. The summed E-state index contributed by atoms with van der Waals surface area (Å²) in [6.45, 7) is 3.36. The van der Waals surface area contributed by atoms with Crippen LogP contribution in [0.1, 0.15) is 37.8 Å². The molecule has 15 heteroatoms. The maximum atomic E-state index is 12.1. The van der Waals surface area contributed by atoms with Gasteiger partial charge in [-0.3, -0.25) is 4.79 Å². The Balaban J connectivity index is 1.53. The fraction of sp³-hybridized carbons (Fsp3) is 0.600. The standard InChI is InChI=1S/C15H23N4O8P3/c1-10-6-11(4-5-28(21)25-26-29(2,3)27-30(22,23)24)7-12(10)13-8-16-14-15(20)17-9-18-19(13)14/h8-12H,2,4-7H2,1,3H3,(H2-,17,18,20,22,23,24)/p+1. The van der Waals surface area contributed by atoms with Gasteiger partial charge < -0.3 is 14.8 Å². The predicted molar refractivity (Wildman–Crippen MR) is 111 cm³/mol. The van der Waals surface area contributed by atoms with Crippen LogP contribution in [-0.2, 0) is 22.8 Å². The monoisotopic (exact) mass is 481 g/mol. The van der Waals surface area contributed by atoms with Gasteiger partial charge in [-0.1, -0.05) is 6.92 Å². The molecule has 3 N–H and O–H groups in total. The molecule has 5 unspecified atom stereocenters. The molecule has 0 radical (unpaired) electrons. The minimum absolute atomic E-state index is 0.167. The van der Waals surface area contributed by atoms with Gasteiger partial charge in [0.25, 0.3) is 5.56 Å². The lowest BCUT2D eigenvalue weighted by atomic mass is 9.95. The van der Waals surface area contributed by atoms with E-state index in [0.717, 1.165) is 18.5 Å². The molecule has 0 bridgehead atoms. The van der Waals surface area contributed by atoms with Crippen molar-refractivity contribution in [3.05, 3.63) is 28.6 Å². The molecule has 2 aromatic rings. The highest BCUT2D eigenvalue weighted by Crippen LogP contribution is 2.58. The second-order valence-electron chi connectivity index (χ2n) is 7.54. The van der Waals surface area contributed by atoms with Crippen LogP contribution in [0.25, 0.3) is 5.65 Å². The van der Waals surface area contributed by atoms with Crippen LogP contribution in [0.4, 0.5) is 0 Å². The van der Waals surface area contributed by atoms with Crippen molar-refractivity contribution in [3.8, 4) is 0 Å². The third-order valence-electron chi connectivity index (χ3n) is 4.97.